The van der Waals surface area contributed by atoms with Gasteiger partial charge < -0.3 is 4.57 Å². The zero-order chi connectivity index (χ0) is 17.4. The van der Waals surface area contributed by atoms with E-state index < -0.39 is 0 Å². The summed E-state index contributed by atoms with van der Waals surface area (Å²) >= 11 is 0. The van der Waals surface area contributed by atoms with Gasteiger partial charge >= 0.3 is 0 Å². The molecular formula is C21H18FN3. The van der Waals surface area contributed by atoms with Crippen LogP contribution in [0.1, 0.15) is 22.5 Å². The van der Waals surface area contributed by atoms with Crippen molar-refractivity contribution in [3.63, 3.8) is 0 Å². The molecule has 3 aromatic rings. The van der Waals surface area contributed by atoms with Gasteiger partial charge in [0.2, 0.25) is 0 Å². The number of nitrogens with zero attached hydrogens (tertiary/aromatic N) is 3. The fraction of sp³-hybridized carbons (Fsp3) is 0.143. The number of aromatic nitrogens is 2. The number of benzene rings is 1. The van der Waals surface area contributed by atoms with E-state index in [2.05, 4.69) is 40.5 Å². The molecule has 4 heteroatoms. The molecule has 0 spiro atoms. The Morgan fingerprint density at radius 1 is 1.12 bits per heavy atom. The average molecular weight is 331 g/mol. The van der Waals surface area contributed by atoms with E-state index in [0.29, 0.717) is 0 Å². The second-order valence-electron chi connectivity index (χ2n) is 6.26. The van der Waals surface area contributed by atoms with Gasteiger partial charge in [-0.1, -0.05) is 12.1 Å². The molecule has 0 amide bonds. The summed E-state index contributed by atoms with van der Waals surface area (Å²) < 4.78 is 15.5. The minimum Gasteiger partial charge on any atom is -0.316 e. The smallest absolute Gasteiger partial charge is 0.125 e. The lowest BCUT2D eigenvalue weighted by atomic mass is 10.1. The normalized spacial score (nSPS) is 13.3. The van der Waals surface area contributed by atoms with Crippen molar-refractivity contribution >= 4 is 17.5 Å². The van der Waals surface area contributed by atoms with Crippen LogP contribution in [0.5, 0.6) is 0 Å². The zero-order valence-corrected chi connectivity index (χ0v) is 14.2. The highest BCUT2D eigenvalue weighted by Gasteiger charge is 2.14. The third kappa shape index (κ3) is 2.91. The molecule has 0 saturated heterocycles. The van der Waals surface area contributed by atoms with E-state index in [4.69, 9.17) is 0 Å². The molecule has 0 unspecified atom stereocenters. The topological polar surface area (TPSA) is 30.2 Å². The minimum atomic E-state index is -0.243. The Labute approximate surface area is 146 Å². The standard InChI is InChI=1S/C21H18FN3/c1-14-10-16(15(2)25(14)20-4-3-9-23-13-20)6-8-19-11-17-5-7-18(22)12-21(17)24-19/h3-10,12-13H,11H2,1-2H3/b8-6+. The summed E-state index contributed by atoms with van der Waals surface area (Å²) in [6.07, 6.45) is 8.48. The number of fused-ring (bicyclic) bond motifs is 1. The molecule has 1 aliphatic rings. The van der Waals surface area contributed by atoms with Crippen molar-refractivity contribution in [2.24, 2.45) is 4.99 Å². The van der Waals surface area contributed by atoms with Gasteiger partial charge in [0.25, 0.3) is 0 Å². The van der Waals surface area contributed by atoms with Gasteiger partial charge in [-0.3, -0.25) is 9.98 Å². The predicted molar refractivity (Wildman–Crippen MR) is 99.3 cm³/mol. The molecule has 3 heterocycles. The van der Waals surface area contributed by atoms with Gasteiger partial charge in [0, 0.05) is 29.7 Å². The fourth-order valence-corrected chi connectivity index (χ4v) is 3.30. The summed E-state index contributed by atoms with van der Waals surface area (Å²) in [6, 6.07) is 10.9. The predicted octanol–water partition coefficient (Wildman–Crippen LogP) is 4.97. The van der Waals surface area contributed by atoms with E-state index in [0.717, 1.165) is 46.0 Å². The number of aliphatic imine (C=N–C) groups is 1. The molecule has 3 nitrogen and oxygen atoms in total. The van der Waals surface area contributed by atoms with E-state index in [1.165, 1.54) is 12.1 Å². The van der Waals surface area contributed by atoms with Gasteiger partial charge in [-0.25, -0.2) is 4.39 Å². The monoisotopic (exact) mass is 331 g/mol. The molecule has 0 N–H and O–H groups in total. The maximum atomic E-state index is 13.3. The fourth-order valence-electron chi connectivity index (χ4n) is 3.30. The summed E-state index contributed by atoms with van der Waals surface area (Å²) in [5, 5.41) is 0. The van der Waals surface area contributed by atoms with Crippen LogP contribution in [0.3, 0.4) is 0 Å². The van der Waals surface area contributed by atoms with Crippen molar-refractivity contribution < 1.29 is 4.39 Å². The summed E-state index contributed by atoms with van der Waals surface area (Å²) in [5.41, 5.74) is 7.27. The Bertz CT molecular complexity index is 997. The molecule has 1 aromatic carbocycles. The number of hydrogen-bond donors (Lipinski definition) is 0. The van der Waals surface area contributed by atoms with E-state index in [1.807, 2.05) is 30.5 Å². The molecule has 4 rings (SSSR count). The lowest BCUT2D eigenvalue weighted by molar-refractivity contribution is 0.628. The Morgan fingerprint density at radius 2 is 2.00 bits per heavy atom. The summed E-state index contributed by atoms with van der Waals surface area (Å²) in [4.78, 5) is 8.72. The number of pyridine rings is 1. The van der Waals surface area contributed by atoms with Gasteiger partial charge in [0.05, 0.1) is 17.6 Å². The molecule has 2 aromatic heterocycles. The summed E-state index contributed by atoms with van der Waals surface area (Å²) in [6.45, 7) is 4.18. The maximum absolute atomic E-state index is 13.3. The molecule has 25 heavy (non-hydrogen) atoms. The highest BCUT2D eigenvalue weighted by atomic mass is 19.1. The number of halogens is 1. The Balaban J connectivity index is 1.62. The lowest BCUT2D eigenvalue weighted by Crippen LogP contribution is -1.99. The first-order valence-electron chi connectivity index (χ1n) is 8.25. The van der Waals surface area contributed by atoms with Crippen LogP contribution in [0.2, 0.25) is 0 Å². The van der Waals surface area contributed by atoms with Crippen LogP contribution in [0.15, 0.2) is 59.9 Å². The SMILES string of the molecule is Cc1cc(/C=C/C2=Nc3cc(F)ccc3C2)c(C)n1-c1cccnc1. The van der Waals surface area contributed by atoms with Gasteiger partial charge in [0.15, 0.2) is 0 Å². The summed E-state index contributed by atoms with van der Waals surface area (Å²) in [7, 11) is 0. The molecule has 0 aliphatic carbocycles. The second-order valence-corrected chi connectivity index (χ2v) is 6.26. The van der Waals surface area contributed by atoms with Crippen LogP contribution in [0.4, 0.5) is 10.1 Å². The van der Waals surface area contributed by atoms with Crippen molar-refractivity contribution in [1.82, 2.24) is 9.55 Å². The number of allylic oxidation sites excluding steroid dienone is 1. The van der Waals surface area contributed by atoms with Crippen molar-refractivity contribution in [3.8, 4) is 5.69 Å². The van der Waals surface area contributed by atoms with Crippen molar-refractivity contribution in [3.05, 3.63) is 83.2 Å². The number of rotatable bonds is 3. The Kier molecular flexibility index (Phi) is 3.80. The van der Waals surface area contributed by atoms with Gasteiger partial charge in [-0.15, -0.1) is 0 Å². The van der Waals surface area contributed by atoms with Crippen LogP contribution in [-0.2, 0) is 6.42 Å². The Hall–Kier alpha value is -3.01. The molecular weight excluding hydrogens is 313 g/mol. The van der Waals surface area contributed by atoms with Gasteiger partial charge in [-0.2, -0.15) is 0 Å². The van der Waals surface area contributed by atoms with Crippen molar-refractivity contribution in [2.75, 3.05) is 0 Å². The zero-order valence-electron chi connectivity index (χ0n) is 14.2. The number of aryl methyl sites for hydroxylation is 1. The average Bonchev–Trinajstić information content (AvgIpc) is 3.13. The van der Waals surface area contributed by atoms with Gasteiger partial charge in [0.1, 0.15) is 5.82 Å². The number of hydrogen-bond acceptors (Lipinski definition) is 2. The minimum absolute atomic E-state index is 0.243. The molecule has 0 saturated carbocycles. The van der Waals surface area contributed by atoms with Crippen molar-refractivity contribution in [1.29, 1.82) is 0 Å². The molecule has 1 aliphatic heterocycles. The first kappa shape index (κ1) is 15.5. The van der Waals surface area contributed by atoms with Crippen LogP contribution in [0.25, 0.3) is 11.8 Å². The molecule has 0 radical (unpaired) electrons. The first-order valence-corrected chi connectivity index (χ1v) is 8.25. The third-order valence-corrected chi connectivity index (χ3v) is 4.51. The van der Waals surface area contributed by atoms with Gasteiger partial charge in [-0.05, 0) is 61.4 Å². The van der Waals surface area contributed by atoms with Crippen molar-refractivity contribution in [2.45, 2.75) is 20.3 Å². The van der Waals surface area contributed by atoms with Crippen LogP contribution in [0, 0.1) is 19.7 Å². The first-order chi connectivity index (χ1) is 12.1. The van der Waals surface area contributed by atoms with Crippen LogP contribution in [-0.4, -0.2) is 15.3 Å². The molecule has 124 valence electrons. The van der Waals surface area contributed by atoms with Crippen LogP contribution >= 0.6 is 0 Å². The largest absolute Gasteiger partial charge is 0.316 e. The Morgan fingerprint density at radius 3 is 2.80 bits per heavy atom. The van der Waals surface area contributed by atoms with E-state index >= 15 is 0 Å². The van der Waals surface area contributed by atoms with E-state index in [9.17, 15) is 4.39 Å². The highest BCUT2D eigenvalue weighted by molar-refractivity contribution is 6.04. The molecule has 0 bridgehead atoms. The van der Waals surface area contributed by atoms with E-state index in [1.54, 1.807) is 6.20 Å². The van der Waals surface area contributed by atoms with E-state index in [-0.39, 0.29) is 5.82 Å². The third-order valence-electron chi connectivity index (χ3n) is 4.51. The maximum Gasteiger partial charge on any atom is 0.125 e. The quantitative estimate of drug-likeness (QED) is 0.666. The second kappa shape index (κ2) is 6.13. The van der Waals surface area contributed by atoms with Crippen LogP contribution < -0.4 is 0 Å². The molecule has 0 fully saturated rings. The summed E-state index contributed by atoms with van der Waals surface area (Å²) in [5.74, 6) is -0.243. The molecule has 0 atom stereocenters. The highest BCUT2D eigenvalue weighted by Crippen LogP contribution is 2.28. The lowest BCUT2D eigenvalue weighted by Gasteiger charge is -2.08.